The summed E-state index contributed by atoms with van der Waals surface area (Å²) in [6.45, 7) is 7.28. The monoisotopic (exact) mass is 341 g/mol. The van der Waals surface area contributed by atoms with Crippen LogP contribution in [0.5, 0.6) is 0 Å². The van der Waals surface area contributed by atoms with Crippen LogP contribution in [0.4, 0.5) is 5.82 Å². The molecule has 6 heteroatoms. The molecule has 0 saturated carbocycles. The second kappa shape index (κ2) is 6.50. The predicted molar refractivity (Wildman–Crippen MR) is 99.1 cm³/mol. The van der Waals surface area contributed by atoms with Gasteiger partial charge in [0, 0.05) is 50.9 Å². The second-order valence-electron chi connectivity index (χ2n) is 7.92. The Morgan fingerprint density at radius 3 is 2.80 bits per heavy atom. The Morgan fingerprint density at radius 2 is 2.12 bits per heavy atom. The molecule has 1 atom stereocenters. The Kier molecular flexibility index (Phi) is 4.54. The van der Waals surface area contributed by atoms with Crippen molar-refractivity contribution in [3.05, 3.63) is 41.6 Å². The van der Waals surface area contributed by atoms with Crippen molar-refractivity contribution < 1.29 is 4.79 Å². The molecule has 3 rings (SSSR count). The number of carbonyl (C=O) groups is 1. The number of hydrogen-bond donors (Lipinski definition) is 1. The van der Waals surface area contributed by atoms with Crippen molar-refractivity contribution in [2.24, 2.45) is 0 Å². The number of aryl methyl sites for hydroxylation is 1. The average Bonchev–Trinajstić information content (AvgIpc) is 2.98. The van der Waals surface area contributed by atoms with Gasteiger partial charge in [0.15, 0.2) is 0 Å². The van der Waals surface area contributed by atoms with Gasteiger partial charge in [0.05, 0.1) is 11.3 Å². The Bertz CT molecular complexity index is 772. The number of amides is 1. The summed E-state index contributed by atoms with van der Waals surface area (Å²) in [5.41, 5.74) is 1.76. The largest absolute Gasteiger partial charge is 0.362 e. The van der Waals surface area contributed by atoms with Crippen LogP contribution >= 0.6 is 0 Å². The van der Waals surface area contributed by atoms with Crippen molar-refractivity contribution in [3.63, 3.8) is 0 Å². The minimum atomic E-state index is -0.0681. The maximum Gasteiger partial charge on any atom is 0.255 e. The first kappa shape index (κ1) is 17.5. The molecule has 134 valence electrons. The molecule has 2 aromatic rings. The number of pyridine rings is 1. The normalized spacial score (nSPS) is 17.1. The van der Waals surface area contributed by atoms with Crippen LogP contribution in [0.15, 0.2) is 24.5 Å². The Hall–Kier alpha value is -2.37. The van der Waals surface area contributed by atoms with E-state index in [0.717, 1.165) is 30.9 Å². The van der Waals surface area contributed by atoms with Gasteiger partial charge >= 0.3 is 0 Å². The number of imidazole rings is 1. The second-order valence-corrected chi connectivity index (χ2v) is 7.92. The predicted octanol–water partition coefficient (Wildman–Crippen LogP) is 2.39. The fourth-order valence-electron chi connectivity index (χ4n) is 3.12. The zero-order valence-electron chi connectivity index (χ0n) is 15.7. The van der Waals surface area contributed by atoms with E-state index in [1.54, 1.807) is 12.3 Å². The zero-order valence-corrected chi connectivity index (χ0v) is 15.7. The van der Waals surface area contributed by atoms with Crippen LogP contribution in [-0.4, -0.2) is 40.6 Å². The molecule has 0 aromatic carbocycles. The van der Waals surface area contributed by atoms with Gasteiger partial charge in [0.1, 0.15) is 11.6 Å². The van der Waals surface area contributed by atoms with Gasteiger partial charge in [0.2, 0.25) is 0 Å². The molecular formula is C19H27N5O. The highest BCUT2D eigenvalue weighted by atomic mass is 16.1. The minimum Gasteiger partial charge on any atom is -0.362 e. The van der Waals surface area contributed by atoms with Crippen LogP contribution in [0.1, 0.15) is 49.1 Å². The van der Waals surface area contributed by atoms with Crippen LogP contribution in [0, 0.1) is 0 Å². The van der Waals surface area contributed by atoms with Crippen LogP contribution in [0.2, 0.25) is 0 Å². The van der Waals surface area contributed by atoms with E-state index in [1.165, 1.54) is 0 Å². The van der Waals surface area contributed by atoms with E-state index < -0.39 is 0 Å². The molecule has 1 amide bonds. The quantitative estimate of drug-likeness (QED) is 0.931. The summed E-state index contributed by atoms with van der Waals surface area (Å²) in [5.74, 6) is 1.74. The van der Waals surface area contributed by atoms with Crippen LogP contribution < -0.4 is 10.2 Å². The lowest BCUT2D eigenvalue weighted by molar-refractivity contribution is 0.0928. The van der Waals surface area contributed by atoms with E-state index in [9.17, 15) is 4.79 Å². The molecule has 6 nitrogen and oxygen atoms in total. The highest BCUT2D eigenvalue weighted by Crippen LogP contribution is 2.24. The molecule has 1 N–H and O–H groups in total. The van der Waals surface area contributed by atoms with E-state index in [4.69, 9.17) is 4.98 Å². The van der Waals surface area contributed by atoms with E-state index in [-0.39, 0.29) is 17.4 Å². The topological polar surface area (TPSA) is 63.1 Å². The third-order valence-electron chi connectivity index (χ3n) is 4.55. The van der Waals surface area contributed by atoms with Gasteiger partial charge in [-0.05, 0) is 18.6 Å². The molecule has 1 aliphatic rings. The van der Waals surface area contributed by atoms with Crippen molar-refractivity contribution in [1.82, 2.24) is 19.9 Å². The highest BCUT2D eigenvalue weighted by Gasteiger charge is 2.26. The summed E-state index contributed by atoms with van der Waals surface area (Å²) >= 11 is 0. The van der Waals surface area contributed by atoms with Gasteiger partial charge in [-0.1, -0.05) is 20.8 Å². The van der Waals surface area contributed by atoms with Crippen molar-refractivity contribution in [2.45, 2.75) is 51.6 Å². The number of nitrogens with zero attached hydrogens (tertiary/aromatic N) is 4. The third kappa shape index (κ3) is 3.67. The summed E-state index contributed by atoms with van der Waals surface area (Å²) < 4.78 is 2.19. The molecule has 25 heavy (non-hydrogen) atoms. The summed E-state index contributed by atoms with van der Waals surface area (Å²) in [7, 11) is 3.79. The lowest BCUT2D eigenvalue weighted by Crippen LogP contribution is -2.41. The molecule has 0 radical (unpaired) electrons. The Morgan fingerprint density at radius 1 is 1.36 bits per heavy atom. The molecule has 0 saturated heterocycles. The lowest BCUT2D eigenvalue weighted by Gasteiger charge is -2.25. The molecule has 0 spiro atoms. The van der Waals surface area contributed by atoms with E-state index in [0.29, 0.717) is 11.4 Å². The number of anilines is 1. The summed E-state index contributed by atoms with van der Waals surface area (Å²) in [5, 5.41) is 3.17. The van der Waals surface area contributed by atoms with Crippen molar-refractivity contribution in [2.75, 3.05) is 19.0 Å². The first-order valence-electron chi connectivity index (χ1n) is 8.75. The van der Waals surface area contributed by atoms with Gasteiger partial charge in [0.25, 0.3) is 5.91 Å². The maximum atomic E-state index is 12.7. The van der Waals surface area contributed by atoms with Gasteiger partial charge in [-0.3, -0.25) is 4.79 Å². The number of carbonyl (C=O) groups excluding carboxylic acids is 1. The van der Waals surface area contributed by atoms with Gasteiger partial charge < -0.3 is 14.8 Å². The van der Waals surface area contributed by atoms with Gasteiger partial charge in [-0.25, -0.2) is 9.97 Å². The zero-order chi connectivity index (χ0) is 18.2. The van der Waals surface area contributed by atoms with Crippen molar-refractivity contribution in [1.29, 1.82) is 0 Å². The number of hydrogen-bond acceptors (Lipinski definition) is 4. The molecule has 1 unspecified atom stereocenters. The molecule has 0 fully saturated rings. The first-order chi connectivity index (χ1) is 11.8. The Balaban J connectivity index is 1.73. The van der Waals surface area contributed by atoms with Crippen LogP contribution in [-0.2, 0) is 18.4 Å². The fourth-order valence-corrected chi connectivity index (χ4v) is 3.12. The van der Waals surface area contributed by atoms with E-state index >= 15 is 0 Å². The van der Waals surface area contributed by atoms with E-state index in [1.807, 2.05) is 25.1 Å². The highest BCUT2D eigenvalue weighted by molar-refractivity contribution is 5.99. The number of rotatable bonds is 3. The summed E-state index contributed by atoms with van der Waals surface area (Å²) in [4.78, 5) is 23.6. The van der Waals surface area contributed by atoms with Gasteiger partial charge in [-0.15, -0.1) is 0 Å². The summed E-state index contributed by atoms with van der Waals surface area (Å²) in [6, 6.07) is 3.73. The molecular weight excluding hydrogens is 314 g/mol. The lowest BCUT2D eigenvalue weighted by atomic mass is 9.93. The number of nitrogens with one attached hydrogen (secondary N) is 1. The summed E-state index contributed by atoms with van der Waals surface area (Å²) in [6.07, 6.45) is 5.62. The first-order valence-corrected chi connectivity index (χ1v) is 8.75. The average molecular weight is 341 g/mol. The molecule has 0 bridgehead atoms. The minimum absolute atomic E-state index is 0.0411. The molecule has 1 aliphatic heterocycles. The standard InChI is InChI=1S/C19H27N5O/c1-19(2,3)15-12-24-11-13(8-9-16(24)22-15)21-18(25)14-7-6-10-20-17(14)23(4)5/h6-7,10,12-13H,8-9,11H2,1-5H3,(H,21,25). The van der Waals surface area contributed by atoms with E-state index in [2.05, 4.69) is 41.8 Å². The SMILES string of the molecule is CN(C)c1ncccc1C(=O)NC1CCc2nc(C(C)(C)C)cn2C1. The Labute approximate surface area is 149 Å². The van der Waals surface area contributed by atoms with Crippen molar-refractivity contribution in [3.8, 4) is 0 Å². The number of aromatic nitrogens is 3. The molecule has 3 heterocycles. The fraction of sp³-hybridized carbons (Fsp3) is 0.526. The van der Waals surface area contributed by atoms with Crippen LogP contribution in [0.25, 0.3) is 0 Å². The van der Waals surface area contributed by atoms with Crippen LogP contribution in [0.3, 0.4) is 0 Å². The maximum absolute atomic E-state index is 12.7. The third-order valence-corrected chi connectivity index (χ3v) is 4.55. The molecule has 2 aromatic heterocycles. The van der Waals surface area contributed by atoms with Gasteiger partial charge in [-0.2, -0.15) is 0 Å². The number of fused-ring (bicyclic) bond motifs is 1. The molecule has 0 aliphatic carbocycles. The smallest absolute Gasteiger partial charge is 0.255 e. The van der Waals surface area contributed by atoms with Crippen molar-refractivity contribution >= 4 is 11.7 Å².